The van der Waals surface area contributed by atoms with E-state index in [1.807, 2.05) is 12.3 Å². The van der Waals surface area contributed by atoms with Crippen LogP contribution in [0.5, 0.6) is 0 Å². The van der Waals surface area contributed by atoms with Crippen molar-refractivity contribution in [3.63, 3.8) is 0 Å². The molecule has 0 atom stereocenters. The molecule has 5 nitrogen and oxygen atoms in total. The lowest BCUT2D eigenvalue weighted by Crippen LogP contribution is -2.23. The average Bonchev–Trinajstić information content (AvgIpc) is 2.97. The van der Waals surface area contributed by atoms with Gasteiger partial charge in [-0.05, 0) is 13.0 Å². The first kappa shape index (κ1) is 12.5. The van der Waals surface area contributed by atoms with Gasteiger partial charge in [-0.3, -0.25) is 9.89 Å². The van der Waals surface area contributed by atoms with Crippen molar-refractivity contribution in [2.75, 3.05) is 7.05 Å². The predicted octanol–water partition coefficient (Wildman–Crippen LogP) is 1.85. The molecule has 0 saturated heterocycles. The Kier molecular flexibility index (Phi) is 3.88. The highest BCUT2D eigenvalue weighted by Crippen LogP contribution is 2.09. The lowest BCUT2D eigenvalue weighted by atomic mass is 10.3. The first-order chi connectivity index (χ1) is 8.65. The van der Waals surface area contributed by atoms with Gasteiger partial charge in [0.1, 0.15) is 0 Å². The van der Waals surface area contributed by atoms with Crippen LogP contribution in [-0.2, 0) is 11.3 Å². The van der Waals surface area contributed by atoms with E-state index in [-0.39, 0.29) is 5.91 Å². The molecule has 2 rings (SSSR count). The zero-order chi connectivity index (χ0) is 13.0. The van der Waals surface area contributed by atoms with Crippen molar-refractivity contribution in [3.05, 3.63) is 40.1 Å². The molecule has 0 aliphatic heterocycles. The topological polar surface area (TPSA) is 61.9 Å². The molecule has 0 unspecified atom stereocenters. The molecule has 6 heteroatoms. The normalized spacial score (nSPS) is 11.0. The zero-order valence-corrected chi connectivity index (χ0v) is 11.1. The molecule has 2 aromatic heterocycles. The molecule has 0 saturated carbocycles. The Morgan fingerprint density at radius 1 is 1.61 bits per heavy atom. The molecule has 0 fully saturated rings. The summed E-state index contributed by atoms with van der Waals surface area (Å²) in [5.41, 5.74) is 1.80. The number of carbonyl (C=O) groups is 1. The average molecular weight is 262 g/mol. The van der Waals surface area contributed by atoms with Crippen molar-refractivity contribution in [1.29, 1.82) is 0 Å². The lowest BCUT2D eigenvalue weighted by Gasteiger charge is -2.13. The van der Waals surface area contributed by atoms with Gasteiger partial charge in [0.15, 0.2) is 0 Å². The fourth-order valence-corrected chi connectivity index (χ4v) is 2.04. The third-order valence-electron chi connectivity index (χ3n) is 2.38. The Balaban J connectivity index is 1.93. The smallest absolute Gasteiger partial charge is 0.246 e. The minimum absolute atomic E-state index is 0.0538. The van der Waals surface area contributed by atoms with Crippen molar-refractivity contribution in [1.82, 2.24) is 20.1 Å². The number of hydrogen-bond donors (Lipinski definition) is 1. The monoisotopic (exact) mass is 262 g/mol. The van der Waals surface area contributed by atoms with Crippen LogP contribution in [0, 0.1) is 6.92 Å². The second-order valence-corrected chi connectivity index (χ2v) is 4.99. The second kappa shape index (κ2) is 5.59. The molecule has 94 valence electrons. The fraction of sp³-hybridized carbons (Fsp3) is 0.250. The first-order valence-electron chi connectivity index (χ1n) is 5.48. The summed E-state index contributed by atoms with van der Waals surface area (Å²) in [6, 6.07) is 0. The number of likely N-dealkylation sites (N-methyl/N-ethyl adjacent to an activating group) is 1. The van der Waals surface area contributed by atoms with E-state index in [4.69, 9.17) is 0 Å². The summed E-state index contributed by atoms with van der Waals surface area (Å²) in [5, 5.41) is 9.48. The molecule has 0 aliphatic rings. The van der Waals surface area contributed by atoms with Gasteiger partial charge in [-0.15, -0.1) is 11.3 Å². The number of aromatic amines is 1. The maximum atomic E-state index is 11.8. The Morgan fingerprint density at radius 2 is 2.44 bits per heavy atom. The summed E-state index contributed by atoms with van der Waals surface area (Å²) >= 11 is 1.57. The third-order valence-corrected chi connectivity index (χ3v) is 3.18. The van der Waals surface area contributed by atoms with Gasteiger partial charge in [-0.25, -0.2) is 4.98 Å². The standard InChI is InChI=1S/C12H14N4OS/c1-9-15-11(8-18-9)3-4-12(17)16(2)7-10-5-13-14-6-10/h3-6,8H,7H2,1-2H3,(H,13,14). The number of H-pyrrole nitrogens is 1. The molecule has 0 bridgehead atoms. The zero-order valence-electron chi connectivity index (χ0n) is 10.3. The summed E-state index contributed by atoms with van der Waals surface area (Å²) in [7, 11) is 1.76. The van der Waals surface area contributed by atoms with Crippen molar-refractivity contribution in [2.45, 2.75) is 13.5 Å². The van der Waals surface area contributed by atoms with Crippen LogP contribution in [0.2, 0.25) is 0 Å². The molecule has 0 radical (unpaired) electrons. The number of carbonyl (C=O) groups excluding carboxylic acids is 1. The van der Waals surface area contributed by atoms with E-state index in [1.165, 1.54) is 6.08 Å². The Morgan fingerprint density at radius 3 is 3.06 bits per heavy atom. The lowest BCUT2D eigenvalue weighted by molar-refractivity contribution is -0.125. The van der Waals surface area contributed by atoms with Crippen molar-refractivity contribution >= 4 is 23.3 Å². The van der Waals surface area contributed by atoms with Gasteiger partial charge >= 0.3 is 0 Å². The maximum Gasteiger partial charge on any atom is 0.246 e. The molecule has 2 heterocycles. The van der Waals surface area contributed by atoms with E-state index in [0.29, 0.717) is 6.54 Å². The number of aryl methyl sites for hydroxylation is 1. The molecule has 1 N–H and O–H groups in total. The van der Waals surface area contributed by atoms with Crippen LogP contribution in [0.3, 0.4) is 0 Å². The molecule has 2 aromatic rings. The van der Waals surface area contributed by atoms with Crippen molar-refractivity contribution in [3.8, 4) is 0 Å². The second-order valence-electron chi connectivity index (χ2n) is 3.93. The number of thiazole rings is 1. The van der Waals surface area contributed by atoms with Crippen LogP contribution < -0.4 is 0 Å². The number of nitrogens with one attached hydrogen (secondary N) is 1. The van der Waals surface area contributed by atoms with Crippen LogP contribution in [-0.4, -0.2) is 33.0 Å². The Bertz CT molecular complexity index is 544. The highest BCUT2D eigenvalue weighted by molar-refractivity contribution is 7.09. The molecule has 1 amide bonds. The van der Waals surface area contributed by atoms with Gasteiger partial charge in [-0.2, -0.15) is 5.10 Å². The highest BCUT2D eigenvalue weighted by Gasteiger charge is 2.06. The van der Waals surface area contributed by atoms with E-state index in [2.05, 4.69) is 15.2 Å². The molecular formula is C12H14N4OS. The van der Waals surface area contributed by atoms with Crippen molar-refractivity contribution in [2.24, 2.45) is 0 Å². The van der Waals surface area contributed by atoms with Crippen LogP contribution in [0.25, 0.3) is 6.08 Å². The molecule has 0 aliphatic carbocycles. The third kappa shape index (κ3) is 3.27. The predicted molar refractivity (Wildman–Crippen MR) is 70.9 cm³/mol. The van der Waals surface area contributed by atoms with Gasteiger partial charge in [0, 0.05) is 36.8 Å². The van der Waals surface area contributed by atoms with E-state index in [1.54, 1.807) is 41.8 Å². The van der Waals surface area contributed by atoms with Crippen molar-refractivity contribution < 1.29 is 4.79 Å². The number of aromatic nitrogens is 3. The molecule has 18 heavy (non-hydrogen) atoms. The summed E-state index contributed by atoms with van der Waals surface area (Å²) in [4.78, 5) is 17.7. The number of rotatable bonds is 4. The summed E-state index contributed by atoms with van der Waals surface area (Å²) in [6.07, 6.45) is 6.75. The highest BCUT2D eigenvalue weighted by atomic mass is 32.1. The summed E-state index contributed by atoms with van der Waals surface area (Å²) in [5.74, 6) is -0.0538. The van der Waals surface area contributed by atoms with Crippen LogP contribution in [0.15, 0.2) is 23.8 Å². The number of amides is 1. The molecular weight excluding hydrogens is 248 g/mol. The maximum absolute atomic E-state index is 11.8. The quantitative estimate of drug-likeness (QED) is 0.855. The van der Waals surface area contributed by atoms with E-state index in [9.17, 15) is 4.79 Å². The van der Waals surface area contributed by atoms with Gasteiger partial charge in [0.2, 0.25) is 5.91 Å². The Hall–Kier alpha value is -1.95. The van der Waals surface area contributed by atoms with Crippen LogP contribution >= 0.6 is 11.3 Å². The first-order valence-corrected chi connectivity index (χ1v) is 6.36. The van der Waals surface area contributed by atoms with Gasteiger partial charge in [-0.1, -0.05) is 0 Å². The number of nitrogens with zero attached hydrogens (tertiary/aromatic N) is 3. The summed E-state index contributed by atoms with van der Waals surface area (Å²) in [6.45, 7) is 2.48. The minimum Gasteiger partial charge on any atom is -0.338 e. The van der Waals surface area contributed by atoms with E-state index < -0.39 is 0 Å². The van der Waals surface area contributed by atoms with E-state index in [0.717, 1.165) is 16.3 Å². The van der Waals surface area contributed by atoms with Crippen LogP contribution in [0.1, 0.15) is 16.3 Å². The molecule has 0 aromatic carbocycles. The van der Waals surface area contributed by atoms with Gasteiger partial charge in [0.05, 0.1) is 16.9 Å². The number of hydrogen-bond acceptors (Lipinski definition) is 4. The fourth-order valence-electron chi connectivity index (χ4n) is 1.46. The SMILES string of the molecule is Cc1nc(C=CC(=O)N(C)Cc2cn[nH]c2)cs1. The van der Waals surface area contributed by atoms with Gasteiger partial charge in [0.25, 0.3) is 0 Å². The minimum atomic E-state index is -0.0538. The summed E-state index contributed by atoms with van der Waals surface area (Å²) < 4.78 is 0. The largest absolute Gasteiger partial charge is 0.338 e. The van der Waals surface area contributed by atoms with E-state index >= 15 is 0 Å². The van der Waals surface area contributed by atoms with Crippen LogP contribution in [0.4, 0.5) is 0 Å². The van der Waals surface area contributed by atoms with Gasteiger partial charge < -0.3 is 4.90 Å². The molecule has 0 spiro atoms. The Labute approximate surface area is 109 Å².